The van der Waals surface area contributed by atoms with Crippen molar-refractivity contribution in [3.8, 4) is 0 Å². The number of benzene rings is 2. The topological polar surface area (TPSA) is 97.1 Å². The van der Waals surface area contributed by atoms with Crippen molar-refractivity contribution in [1.82, 2.24) is 9.91 Å². The lowest BCUT2D eigenvalue weighted by atomic mass is 10.1. The predicted molar refractivity (Wildman–Crippen MR) is 133 cm³/mol. The van der Waals surface area contributed by atoms with Gasteiger partial charge in [0.25, 0.3) is 5.91 Å². The molecule has 1 saturated heterocycles. The molecule has 0 saturated carbocycles. The van der Waals surface area contributed by atoms with Crippen molar-refractivity contribution in [1.29, 1.82) is 0 Å². The van der Waals surface area contributed by atoms with Gasteiger partial charge in [0, 0.05) is 37.5 Å². The van der Waals surface area contributed by atoms with Gasteiger partial charge in [0.2, 0.25) is 0 Å². The first-order valence-corrected chi connectivity index (χ1v) is 11.5. The average Bonchev–Trinajstić information content (AvgIpc) is 2.85. The molecule has 2 aromatic carbocycles. The summed E-state index contributed by atoms with van der Waals surface area (Å²) in [5.41, 5.74) is 1.65. The Morgan fingerprint density at radius 2 is 1.86 bits per heavy atom. The molecule has 1 aliphatic heterocycles. The zero-order valence-electron chi connectivity index (χ0n) is 19.9. The quantitative estimate of drug-likeness (QED) is 0.129. The number of ether oxygens (including phenoxy) is 2. The number of anilines is 1. The minimum Gasteiger partial charge on any atom is -0.449 e. The fraction of sp³-hybridized carbons (Fsp3) is 0.308. The molecule has 36 heavy (non-hydrogen) atoms. The molecule has 10 heteroatoms. The van der Waals surface area contributed by atoms with Crippen molar-refractivity contribution >= 4 is 23.3 Å². The van der Waals surface area contributed by atoms with Crippen LogP contribution in [0.5, 0.6) is 0 Å². The van der Waals surface area contributed by atoms with Gasteiger partial charge >= 0.3 is 6.09 Å². The number of hydrazine groups is 1. The molecule has 1 fully saturated rings. The molecule has 0 aliphatic carbocycles. The molecule has 3 rings (SSSR count). The zero-order chi connectivity index (χ0) is 25.9. The van der Waals surface area contributed by atoms with Gasteiger partial charge in [0.05, 0.1) is 26.4 Å². The molecule has 192 valence electrons. The minimum absolute atomic E-state index is 0.0638. The number of allylic oxidation sites excluding steroid dienone is 2. The SMILES string of the molecule is C=C(/C=C\C(=O)N(N)Cc1cccc(NC(=O)OCCCN2CCOCC2)c1)c1cc(F)cc(F)c1. The van der Waals surface area contributed by atoms with Gasteiger partial charge in [0.1, 0.15) is 11.6 Å². The maximum absolute atomic E-state index is 13.4. The summed E-state index contributed by atoms with van der Waals surface area (Å²) in [6, 6.07) is 9.84. The Labute approximate surface area is 208 Å². The van der Waals surface area contributed by atoms with Crippen molar-refractivity contribution < 1.29 is 27.8 Å². The third-order valence-electron chi connectivity index (χ3n) is 5.43. The van der Waals surface area contributed by atoms with Gasteiger partial charge in [-0.3, -0.25) is 20.0 Å². The molecule has 0 bridgehead atoms. The van der Waals surface area contributed by atoms with Crippen LogP contribution in [0.3, 0.4) is 0 Å². The lowest BCUT2D eigenvalue weighted by Crippen LogP contribution is -2.37. The summed E-state index contributed by atoms with van der Waals surface area (Å²) in [5, 5.41) is 3.64. The number of carbonyl (C=O) groups excluding carboxylic acids is 2. The highest BCUT2D eigenvalue weighted by Crippen LogP contribution is 2.17. The third-order valence-corrected chi connectivity index (χ3v) is 5.43. The smallest absolute Gasteiger partial charge is 0.411 e. The van der Waals surface area contributed by atoms with Crippen LogP contribution in [0.2, 0.25) is 0 Å². The van der Waals surface area contributed by atoms with E-state index in [4.69, 9.17) is 15.3 Å². The van der Waals surface area contributed by atoms with Crippen LogP contribution in [-0.4, -0.2) is 61.4 Å². The van der Waals surface area contributed by atoms with Crippen LogP contribution in [0.15, 0.2) is 61.2 Å². The van der Waals surface area contributed by atoms with Gasteiger partial charge in [0.15, 0.2) is 0 Å². The number of nitrogens with two attached hydrogens (primary N) is 1. The second-order valence-corrected chi connectivity index (χ2v) is 8.25. The molecular formula is C26H30F2N4O4. The molecule has 0 aromatic heterocycles. The van der Waals surface area contributed by atoms with E-state index in [1.54, 1.807) is 24.3 Å². The lowest BCUT2D eigenvalue weighted by molar-refractivity contribution is -0.126. The second-order valence-electron chi connectivity index (χ2n) is 8.25. The van der Waals surface area contributed by atoms with Crippen LogP contribution in [0.4, 0.5) is 19.3 Å². The van der Waals surface area contributed by atoms with Crippen molar-refractivity contribution in [2.45, 2.75) is 13.0 Å². The molecule has 0 spiro atoms. The Bertz CT molecular complexity index is 1080. The standard InChI is InChI=1S/C26H30F2N4O4/c1-19(21-15-22(27)17-23(28)16-21)6-7-25(33)32(29)18-20-4-2-5-24(14-20)30-26(34)36-11-3-8-31-9-12-35-13-10-31/h2,4-7,14-17H,1,3,8-13,18,29H2,(H,30,34)/b7-6-. The molecule has 1 aliphatic rings. The fourth-order valence-corrected chi connectivity index (χ4v) is 3.56. The molecule has 3 N–H and O–H groups in total. The van der Waals surface area contributed by atoms with E-state index in [1.165, 1.54) is 12.2 Å². The van der Waals surface area contributed by atoms with Gasteiger partial charge < -0.3 is 9.47 Å². The number of hydrogen-bond donors (Lipinski definition) is 2. The molecular weight excluding hydrogens is 470 g/mol. The Balaban J connectivity index is 1.44. The molecule has 2 amide bonds. The van der Waals surface area contributed by atoms with Crippen molar-refractivity contribution in [2.75, 3.05) is 44.8 Å². The van der Waals surface area contributed by atoms with Crippen molar-refractivity contribution in [3.05, 3.63) is 84.0 Å². The van der Waals surface area contributed by atoms with E-state index in [-0.39, 0.29) is 17.7 Å². The summed E-state index contributed by atoms with van der Waals surface area (Å²) >= 11 is 0. The van der Waals surface area contributed by atoms with Crippen molar-refractivity contribution in [3.63, 3.8) is 0 Å². The van der Waals surface area contributed by atoms with Gasteiger partial charge in [-0.2, -0.15) is 0 Å². The first-order valence-electron chi connectivity index (χ1n) is 11.5. The zero-order valence-corrected chi connectivity index (χ0v) is 19.9. The van der Waals surface area contributed by atoms with Crippen LogP contribution in [0, 0.1) is 11.6 Å². The van der Waals surface area contributed by atoms with Crippen LogP contribution < -0.4 is 11.2 Å². The van der Waals surface area contributed by atoms with Crippen LogP contribution in [-0.2, 0) is 20.8 Å². The summed E-state index contributed by atoms with van der Waals surface area (Å²) in [6.07, 6.45) is 2.67. The highest BCUT2D eigenvalue weighted by atomic mass is 19.1. The number of halogens is 2. The van der Waals surface area contributed by atoms with E-state index in [9.17, 15) is 18.4 Å². The largest absolute Gasteiger partial charge is 0.449 e. The highest BCUT2D eigenvalue weighted by Gasteiger charge is 2.11. The monoisotopic (exact) mass is 500 g/mol. The van der Waals surface area contributed by atoms with Crippen LogP contribution in [0.1, 0.15) is 17.5 Å². The third kappa shape index (κ3) is 8.88. The van der Waals surface area contributed by atoms with E-state index in [0.717, 1.165) is 62.5 Å². The first kappa shape index (κ1) is 27.0. The lowest BCUT2D eigenvalue weighted by Gasteiger charge is -2.26. The van der Waals surface area contributed by atoms with Gasteiger partial charge in [-0.05, 0) is 53.5 Å². The minimum atomic E-state index is -0.739. The number of nitrogens with zero attached hydrogens (tertiary/aromatic N) is 2. The van der Waals surface area contributed by atoms with E-state index in [2.05, 4.69) is 16.8 Å². The summed E-state index contributed by atoms with van der Waals surface area (Å²) < 4.78 is 37.3. The van der Waals surface area contributed by atoms with E-state index < -0.39 is 23.6 Å². The molecule has 2 aromatic rings. The highest BCUT2D eigenvalue weighted by molar-refractivity contribution is 5.90. The van der Waals surface area contributed by atoms with E-state index in [1.807, 2.05) is 0 Å². The number of carbonyl (C=O) groups is 2. The normalized spacial score (nSPS) is 14.0. The summed E-state index contributed by atoms with van der Waals surface area (Å²) in [6.45, 7) is 8.15. The fourth-order valence-electron chi connectivity index (χ4n) is 3.56. The number of nitrogens with one attached hydrogen (secondary N) is 1. The molecule has 8 nitrogen and oxygen atoms in total. The molecule has 0 atom stereocenters. The maximum atomic E-state index is 13.4. The Kier molecular flexibility index (Phi) is 10.1. The number of hydrogen-bond acceptors (Lipinski definition) is 6. The molecule has 0 radical (unpaired) electrons. The summed E-state index contributed by atoms with van der Waals surface area (Å²) in [4.78, 5) is 26.7. The van der Waals surface area contributed by atoms with Crippen LogP contribution >= 0.6 is 0 Å². The van der Waals surface area contributed by atoms with Gasteiger partial charge in [-0.25, -0.2) is 19.4 Å². The molecule has 0 unspecified atom stereocenters. The summed E-state index contributed by atoms with van der Waals surface area (Å²) in [5.74, 6) is 3.86. The maximum Gasteiger partial charge on any atom is 0.411 e. The Morgan fingerprint density at radius 1 is 1.14 bits per heavy atom. The van der Waals surface area contributed by atoms with E-state index >= 15 is 0 Å². The number of rotatable bonds is 10. The average molecular weight is 501 g/mol. The number of amides is 2. The predicted octanol–water partition coefficient (Wildman–Crippen LogP) is 3.71. The second kappa shape index (κ2) is 13.5. The van der Waals surface area contributed by atoms with Gasteiger partial charge in [-0.1, -0.05) is 18.7 Å². The van der Waals surface area contributed by atoms with Crippen molar-refractivity contribution in [2.24, 2.45) is 5.84 Å². The van der Waals surface area contributed by atoms with Gasteiger partial charge in [-0.15, -0.1) is 0 Å². The summed E-state index contributed by atoms with van der Waals surface area (Å²) in [7, 11) is 0. The Hall–Kier alpha value is -3.60. The molecule has 1 heterocycles. The Morgan fingerprint density at radius 3 is 2.58 bits per heavy atom. The number of morpholine rings is 1. The van der Waals surface area contributed by atoms with E-state index in [0.29, 0.717) is 17.9 Å². The first-order chi connectivity index (χ1) is 17.3. The van der Waals surface area contributed by atoms with Crippen LogP contribution in [0.25, 0.3) is 5.57 Å².